The number of hydrogen-bond donors (Lipinski definition) is 1. The molecule has 2 aromatic carbocycles. The number of urea groups is 1. The van der Waals surface area contributed by atoms with Gasteiger partial charge in [-0.05, 0) is 55.1 Å². The van der Waals surface area contributed by atoms with Gasteiger partial charge < -0.3 is 14.9 Å². The molecule has 2 saturated carbocycles. The molecule has 0 aromatic heterocycles. The summed E-state index contributed by atoms with van der Waals surface area (Å²) in [4.78, 5) is 31.3. The lowest BCUT2D eigenvalue weighted by Gasteiger charge is -2.35. The van der Waals surface area contributed by atoms with Crippen molar-refractivity contribution in [3.63, 3.8) is 0 Å². The Bertz CT molecular complexity index is 940. The summed E-state index contributed by atoms with van der Waals surface area (Å²) in [6, 6.07) is 18.5. The van der Waals surface area contributed by atoms with Crippen LogP contribution in [0, 0.1) is 11.8 Å². The number of ketones is 1. The third-order valence-electron chi connectivity index (χ3n) is 7.12. The lowest BCUT2D eigenvalue weighted by Crippen LogP contribution is -2.52. The summed E-state index contributed by atoms with van der Waals surface area (Å²) in [7, 11) is 0. The third kappa shape index (κ3) is 4.73. The van der Waals surface area contributed by atoms with Crippen LogP contribution < -0.4 is 0 Å². The Labute approximate surface area is 190 Å². The molecule has 3 fully saturated rings. The molecule has 5 nitrogen and oxygen atoms in total. The molecule has 5 heteroatoms. The molecule has 3 atom stereocenters. The van der Waals surface area contributed by atoms with Crippen LogP contribution in [0.25, 0.3) is 0 Å². The second-order valence-electron chi connectivity index (χ2n) is 9.78. The van der Waals surface area contributed by atoms with E-state index in [4.69, 9.17) is 0 Å². The molecule has 0 bridgehead atoms. The van der Waals surface area contributed by atoms with Crippen LogP contribution in [-0.4, -0.2) is 58.0 Å². The Kier molecular flexibility index (Phi) is 6.01. The summed E-state index contributed by atoms with van der Waals surface area (Å²) >= 11 is 0. The van der Waals surface area contributed by atoms with Gasteiger partial charge in [-0.3, -0.25) is 4.79 Å². The fourth-order valence-electron chi connectivity index (χ4n) is 4.85. The highest BCUT2D eigenvalue weighted by molar-refractivity contribution is 5.94. The predicted molar refractivity (Wildman–Crippen MR) is 123 cm³/mol. The maximum Gasteiger partial charge on any atom is 0.321 e. The van der Waals surface area contributed by atoms with Crippen molar-refractivity contribution >= 4 is 11.8 Å². The maximum atomic E-state index is 14.0. The van der Waals surface area contributed by atoms with Gasteiger partial charge in [0.1, 0.15) is 6.10 Å². The Hall–Kier alpha value is -2.66. The van der Waals surface area contributed by atoms with Crippen molar-refractivity contribution in [2.24, 2.45) is 11.8 Å². The minimum atomic E-state index is -1.18. The number of Topliss-reactive ketones (excluding diaryl/α,β-unsaturated/α-hetero) is 1. The zero-order valence-corrected chi connectivity index (χ0v) is 18.5. The van der Waals surface area contributed by atoms with Gasteiger partial charge >= 0.3 is 6.03 Å². The number of carbonyl (C=O) groups is 2. The van der Waals surface area contributed by atoms with Crippen molar-refractivity contribution in [1.29, 1.82) is 0 Å². The summed E-state index contributed by atoms with van der Waals surface area (Å²) in [5.74, 6) is 0.727. The molecule has 32 heavy (non-hydrogen) atoms. The van der Waals surface area contributed by atoms with Crippen molar-refractivity contribution in [3.8, 4) is 0 Å². The highest BCUT2D eigenvalue weighted by Crippen LogP contribution is 2.36. The number of aliphatic hydroxyl groups excluding tert-OH is 1. The standard InChI is InChI=1S/C27H32N2O3/c30-25-23(15-19-7-3-1-4-8-19)28(17-21-11-12-21)27(32)29(18-22-13-14-22)24(26(25)31)16-20-9-5-2-6-10-20/h1-10,21-25,30H,11-18H2/t23-,24-,25+/m1/s1. The van der Waals surface area contributed by atoms with Gasteiger partial charge in [0.05, 0.1) is 12.1 Å². The number of aliphatic hydroxyl groups is 1. The van der Waals surface area contributed by atoms with Gasteiger partial charge in [0.25, 0.3) is 0 Å². The average molecular weight is 433 g/mol. The summed E-state index contributed by atoms with van der Waals surface area (Å²) in [6.45, 7) is 1.23. The molecule has 1 aliphatic heterocycles. The van der Waals surface area contributed by atoms with Crippen LogP contribution in [0.5, 0.6) is 0 Å². The van der Waals surface area contributed by atoms with E-state index in [2.05, 4.69) is 0 Å². The second-order valence-corrected chi connectivity index (χ2v) is 9.78. The fraction of sp³-hybridized carbons (Fsp3) is 0.481. The lowest BCUT2D eigenvalue weighted by atomic mass is 9.92. The van der Waals surface area contributed by atoms with Gasteiger partial charge in [-0.1, -0.05) is 60.7 Å². The molecule has 1 N–H and O–H groups in total. The molecule has 2 aromatic rings. The summed E-state index contributed by atoms with van der Waals surface area (Å²) in [6.07, 6.45) is 4.19. The largest absolute Gasteiger partial charge is 0.383 e. The Morgan fingerprint density at radius 2 is 1.22 bits per heavy atom. The van der Waals surface area contributed by atoms with Gasteiger partial charge in [0.15, 0.2) is 5.78 Å². The van der Waals surface area contributed by atoms with Crippen molar-refractivity contribution < 1.29 is 14.7 Å². The predicted octanol–water partition coefficient (Wildman–Crippen LogP) is 3.70. The minimum Gasteiger partial charge on any atom is -0.383 e. The zero-order chi connectivity index (χ0) is 22.1. The van der Waals surface area contributed by atoms with E-state index in [1.165, 1.54) is 0 Å². The first-order valence-corrected chi connectivity index (χ1v) is 12.0. The molecule has 1 saturated heterocycles. The van der Waals surface area contributed by atoms with E-state index in [1.54, 1.807) is 4.90 Å². The SMILES string of the molecule is O=C1[C@@H](O)[C@@H](Cc2ccccc2)N(CC2CC2)C(=O)N(CC2CC2)[C@@H]1Cc1ccccc1. The number of nitrogens with zero attached hydrogens (tertiary/aromatic N) is 2. The van der Waals surface area contributed by atoms with Gasteiger partial charge in [-0.25, -0.2) is 4.79 Å². The fourth-order valence-corrected chi connectivity index (χ4v) is 4.85. The molecule has 0 radical (unpaired) electrons. The van der Waals surface area contributed by atoms with E-state index in [1.807, 2.05) is 65.6 Å². The first-order valence-electron chi connectivity index (χ1n) is 12.0. The quantitative estimate of drug-likeness (QED) is 0.692. The smallest absolute Gasteiger partial charge is 0.321 e. The highest BCUT2D eigenvalue weighted by atomic mass is 16.3. The zero-order valence-electron chi connectivity index (χ0n) is 18.5. The summed E-state index contributed by atoms with van der Waals surface area (Å²) < 4.78 is 0. The van der Waals surface area contributed by atoms with Gasteiger partial charge in [0.2, 0.25) is 0 Å². The molecule has 168 valence electrons. The van der Waals surface area contributed by atoms with Crippen LogP contribution in [0.1, 0.15) is 36.8 Å². The minimum absolute atomic E-state index is 0.0736. The monoisotopic (exact) mass is 432 g/mol. The molecule has 0 spiro atoms. The number of carbonyl (C=O) groups excluding carboxylic acids is 2. The van der Waals surface area contributed by atoms with Gasteiger partial charge in [0, 0.05) is 19.5 Å². The van der Waals surface area contributed by atoms with Crippen LogP contribution >= 0.6 is 0 Å². The average Bonchev–Trinajstić information content (AvgIpc) is 3.74. The van der Waals surface area contributed by atoms with Crippen molar-refractivity contribution in [2.75, 3.05) is 13.1 Å². The third-order valence-corrected chi connectivity index (χ3v) is 7.12. The Balaban J connectivity index is 1.49. The van der Waals surface area contributed by atoms with Crippen molar-refractivity contribution in [3.05, 3.63) is 71.8 Å². The van der Waals surface area contributed by atoms with Crippen molar-refractivity contribution in [2.45, 2.75) is 56.7 Å². The van der Waals surface area contributed by atoms with E-state index in [0.717, 1.165) is 36.8 Å². The normalized spacial score (nSPS) is 26.3. The van der Waals surface area contributed by atoms with E-state index >= 15 is 0 Å². The summed E-state index contributed by atoms with van der Waals surface area (Å²) in [5, 5.41) is 11.3. The van der Waals surface area contributed by atoms with Crippen LogP contribution in [0.3, 0.4) is 0 Å². The second kappa shape index (κ2) is 9.07. The lowest BCUT2D eigenvalue weighted by molar-refractivity contribution is -0.132. The first kappa shape index (κ1) is 21.2. The summed E-state index contributed by atoms with van der Waals surface area (Å²) in [5.41, 5.74) is 2.05. The Morgan fingerprint density at radius 3 is 1.75 bits per heavy atom. The Morgan fingerprint density at radius 1 is 0.719 bits per heavy atom. The van der Waals surface area contributed by atoms with Gasteiger partial charge in [-0.2, -0.15) is 0 Å². The molecule has 1 heterocycles. The van der Waals surface area contributed by atoms with Crippen LogP contribution in [0.2, 0.25) is 0 Å². The number of hydrogen-bond acceptors (Lipinski definition) is 3. The van der Waals surface area contributed by atoms with E-state index in [0.29, 0.717) is 37.8 Å². The topological polar surface area (TPSA) is 60.9 Å². The number of rotatable bonds is 8. The van der Waals surface area contributed by atoms with E-state index in [9.17, 15) is 14.7 Å². The molecular formula is C27H32N2O3. The molecule has 2 aliphatic carbocycles. The van der Waals surface area contributed by atoms with Gasteiger partial charge in [-0.15, -0.1) is 0 Å². The molecule has 3 aliphatic rings. The highest BCUT2D eigenvalue weighted by Gasteiger charge is 2.48. The van der Waals surface area contributed by atoms with Crippen LogP contribution in [-0.2, 0) is 17.6 Å². The molecular weight excluding hydrogens is 400 g/mol. The number of benzene rings is 2. The van der Waals surface area contributed by atoms with Crippen molar-refractivity contribution in [1.82, 2.24) is 9.80 Å². The first-order chi connectivity index (χ1) is 15.6. The van der Waals surface area contributed by atoms with E-state index < -0.39 is 18.2 Å². The molecule has 5 rings (SSSR count). The number of amides is 2. The van der Waals surface area contributed by atoms with Crippen LogP contribution in [0.4, 0.5) is 4.79 Å². The van der Waals surface area contributed by atoms with E-state index in [-0.39, 0.29) is 11.8 Å². The van der Waals surface area contributed by atoms with Crippen LogP contribution in [0.15, 0.2) is 60.7 Å². The maximum absolute atomic E-state index is 14.0. The molecule has 2 amide bonds. The molecule has 0 unspecified atom stereocenters.